The number of nitrogens with zero attached hydrogens (tertiary/aromatic N) is 1. The monoisotopic (exact) mass is 366 g/mol. The zero-order valence-electron chi connectivity index (χ0n) is 14.1. The van der Waals surface area contributed by atoms with Gasteiger partial charge in [-0.3, -0.25) is 9.78 Å². The van der Waals surface area contributed by atoms with Crippen LogP contribution in [0, 0.1) is 0 Å². The van der Waals surface area contributed by atoms with E-state index in [1.54, 1.807) is 23.6 Å². The molecular weight excluding hydrogens is 348 g/mol. The predicted octanol–water partition coefficient (Wildman–Crippen LogP) is 3.77. The maximum Gasteiger partial charge on any atom is 0.252 e. The fourth-order valence-corrected chi connectivity index (χ4v) is 3.41. The van der Waals surface area contributed by atoms with Crippen LogP contribution in [0.3, 0.4) is 0 Å². The van der Waals surface area contributed by atoms with Crippen molar-refractivity contribution in [2.75, 3.05) is 13.2 Å². The van der Waals surface area contributed by atoms with Crippen LogP contribution in [-0.4, -0.2) is 30.1 Å². The largest absolute Gasteiger partial charge is 0.486 e. The smallest absolute Gasteiger partial charge is 0.252 e. The molecule has 132 valence electrons. The highest BCUT2D eigenvalue weighted by atomic mass is 32.1. The number of para-hydroxylation sites is 2. The Morgan fingerprint density at radius 2 is 2.08 bits per heavy atom. The Morgan fingerprint density at radius 1 is 1.19 bits per heavy atom. The molecule has 4 rings (SSSR count). The van der Waals surface area contributed by atoms with Crippen molar-refractivity contribution in [3.8, 4) is 22.8 Å². The summed E-state index contributed by atoms with van der Waals surface area (Å²) in [6.45, 7) is 1.01. The molecule has 0 aliphatic carbocycles. The van der Waals surface area contributed by atoms with Crippen LogP contribution in [0.15, 0.2) is 59.4 Å². The van der Waals surface area contributed by atoms with Gasteiger partial charge in [-0.2, -0.15) is 11.3 Å². The van der Waals surface area contributed by atoms with E-state index in [9.17, 15) is 4.79 Å². The van der Waals surface area contributed by atoms with Gasteiger partial charge in [0.15, 0.2) is 11.5 Å². The molecule has 6 heteroatoms. The fraction of sp³-hybridized carbons (Fsp3) is 0.200. The number of hydrogen-bond donors (Lipinski definition) is 1. The number of ether oxygens (including phenoxy) is 2. The Balaban J connectivity index is 1.28. The lowest BCUT2D eigenvalue weighted by Gasteiger charge is -2.26. The highest BCUT2D eigenvalue weighted by Gasteiger charge is 2.20. The summed E-state index contributed by atoms with van der Waals surface area (Å²) in [4.78, 5) is 16.6. The molecule has 3 heterocycles. The van der Waals surface area contributed by atoms with Gasteiger partial charge in [0.05, 0.1) is 11.3 Å². The number of carbonyl (C=O) groups is 1. The van der Waals surface area contributed by atoms with Crippen molar-refractivity contribution in [1.29, 1.82) is 0 Å². The number of amides is 1. The Bertz CT molecular complexity index is 878. The van der Waals surface area contributed by atoms with Crippen molar-refractivity contribution in [3.05, 3.63) is 65.0 Å². The van der Waals surface area contributed by atoms with E-state index in [1.807, 2.05) is 47.2 Å². The van der Waals surface area contributed by atoms with Crippen LogP contribution in [0.5, 0.6) is 11.5 Å². The number of carbonyl (C=O) groups excluding carboxylic acids is 1. The maximum atomic E-state index is 12.3. The number of fused-ring (bicyclic) bond motifs is 1. The number of nitrogens with one attached hydrogen (secondary N) is 1. The molecule has 1 atom stereocenters. The number of thiophene rings is 1. The van der Waals surface area contributed by atoms with Crippen LogP contribution >= 0.6 is 11.3 Å². The third-order valence-electron chi connectivity index (χ3n) is 4.16. The van der Waals surface area contributed by atoms with E-state index in [0.717, 1.165) is 22.8 Å². The Morgan fingerprint density at radius 3 is 2.85 bits per heavy atom. The number of hydrogen-bond acceptors (Lipinski definition) is 5. The molecule has 0 saturated carbocycles. The topological polar surface area (TPSA) is 60.5 Å². The summed E-state index contributed by atoms with van der Waals surface area (Å²) in [5.74, 6) is 1.39. The SMILES string of the molecule is O=C(NCC[C@H]1COc2ccccc2O1)c1ccc(-c2ccsc2)nc1. The molecule has 0 spiro atoms. The second-order valence-corrected chi connectivity index (χ2v) is 6.77. The van der Waals surface area contributed by atoms with Crippen molar-refractivity contribution in [2.24, 2.45) is 0 Å². The molecule has 0 saturated heterocycles. The van der Waals surface area contributed by atoms with E-state index in [-0.39, 0.29) is 12.0 Å². The van der Waals surface area contributed by atoms with Crippen LogP contribution in [0.4, 0.5) is 0 Å². The lowest BCUT2D eigenvalue weighted by Crippen LogP contribution is -2.34. The van der Waals surface area contributed by atoms with Crippen molar-refractivity contribution in [3.63, 3.8) is 0 Å². The molecule has 2 aromatic heterocycles. The molecule has 1 aliphatic heterocycles. The van der Waals surface area contributed by atoms with Gasteiger partial charge < -0.3 is 14.8 Å². The van der Waals surface area contributed by atoms with Gasteiger partial charge in [-0.1, -0.05) is 12.1 Å². The van der Waals surface area contributed by atoms with Gasteiger partial charge in [0, 0.05) is 30.1 Å². The van der Waals surface area contributed by atoms with E-state index in [1.165, 1.54) is 0 Å². The number of benzene rings is 1. The second kappa shape index (κ2) is 7.58. The van der Waals surface area contributed by atoms with E-state index in [4.69, 9.17) is 9.47 Å². The Hall–Kier alpha value is -2.86. The van der Waals surface area contributed by atoms with Gasteiger partial charge in [-0.25, -0.2) is 0 Å². The average molecular weight is 366 g/mol. The van der Waals surface area contributed by atoms with Gasteiger partial charge in [0.25, 0.3) is 5.91 Å². The molecule has 1 amide bonds. The van der Waals surface area contributed by atoms with Gasteiger partial charge in [0.2, 0.25) is 0 Å². The molecule has 26 heavy (non-hydrogen) atoms. The maximum absolute atomic E-state index is 12.3. The molecule has 1 aromatic carbocycles. The second-order valence-electron chi connectivity index (χ2n) is 5.99. The molecule has 3 aromatic rings. The lowest BCUT2D eigenvalue weighted by molar-refractivity contribution is 0.0812. The summed E-state index contributed by atoms with van der Waals surface area (Å²) in [7, 11) is 0. The molecule has 5 nitrogen and oxygen atoms in total. The van der Waals surface area contributed by atoms with E-state index in [2.05, 4.69) is 10.3 Å². The van der Waals surface area contributed by atoms with Crippen LogP contribution in [-0.2, 0) is 0 Å². The Kier molecular flexibility index (Phi) is 4.84. The van der Waals surface area contributed by atoms with Gasteiger partial charge in [-0.05, 0) is 35.7 Å². The molecule has 0 bridgehead atoms. The van der Waals surface area contributed by atoms with Crippen molar-refractivity contribution in [2.45, 2.75) is 12.5 Å². The molecule has 0 unspecified atom stereocenters. The van der Waals surface area contributed by atoms with Crippen LogP contribution in [0.2, 0.25) is 0 Å². The van der Waals surface area contributed by atoms with Crippen LogP contribution in [0.25, 0.3) is 11.3 Å². The zero-order chi connectivity index (χ0) is 17.8. The van der Waals surface area contributed by atoms with Crippen molar-refractivity contribution < 1.29 is 14.3 Å². The minimum absolute atomic E-state index is 0.0655. The highest BCUT2D eigenvalue weighted by Crippen LogP contribution is 2.31. The lowest BCUT2D eigenvalue weighted by atomic mass is 10.2. The summed E-state index contributed by atoms with van der Waals surface area (Å²) >= 11 is 1.62. The first-order chi connectivity index (χ1) is 12.8. The molecule has 0 fully saturated rings. The molecular formula is C20H18N2O3S. The molecule has 1 N–H and O–H groups in total. The number of pyridine rings is 1. The zero-order valence-corrected chi connectivity index (χ0v) is 14.9. The van der Waals surface area contributed by atoms with Gasteiger partial charge >= 0.3 is 0 Å². The third-order valence-corrected chi connectivity index (χ3v) is 4.85. The normalized spacial score (nSPS) is 15.5. The van der Waals surface area contributed by atoms with E-state index in [0.29, 0.717) is 25.1 Å². The Labute approximate surface area is 155 Å². The minimum Gasteiger partial charge on any atom is -0.486 e. The first-order valence-corrected chi connectivity index (χ1v) is 9.39. The summed E-state index contributed by atoms with van der Waals surface area (Å²) in [6.07, 6.45) is 2.23. The van der Waals surface area contributed by atoms with Crippen molar-refractivity contribution >= 4 is 17.2 Å². The van der Waals surface area contributed by atoms with Crippen molar-refractivity contribution in [1.82, 2.24) is 10.3 Å². The average Bonchev–Trinajstić information content (AvgIpc) is 3.23. The first kappa shape index (κ1) is 16.6. The quantitative estimate of drug-likeness (QED) is 0.747. The third kappa shape index (κ3) is 3.70. The summed E-state index contributed by atoms with van der Waals surface area (Å²) in [6, 6.07) is 13.3. The standard InChI is InChI=1S/C20H18N2O3S/c23-20(14-5-6-17(22-11-14)15-8-10-26-13-15)21-9-7-16-12-24-18-3-1-2-4-19(18)25-16/h1-6,8,10-11,13,16H,7,9,12H2,(H,21,23)/t16-/m0/s1. The van der Waals surface area contributed by atoms with E-state index >= 15 is 0 Å². The molecule has 1 aliphatic rings. The summed E-state index contributed by atoms with van der Waals surface area (Å²) < 4.78 is 11.6. The molecule has 0 radical (unpaired) electrons. The summed E-state index contributed by atoms with van der Waals surface area (Å²) in [5.41, 5.74) is 2.49. The first-order valence-electron chi connectivity index (χ1n) is 8.45. The van der Waals surface area contributed by atoms with Crippen LogP contribution < -0.4 is 14.8 Å². The number of aromatic nitrogens is 1. The van der Waals surface area contributed by atoms with E-state index < -0.39 is 0 Å². The summed E-state index contributed by atoms with van der Waals surface area (Å²) in [5, 5.41) is 6.95. The number of rotatable bonds is 5. The van der Waals surface area contributed by atoms with Crippen LogP contribution in [0.1, 0.15) is 16.8 Å². The van der Waals surface area contributed by atoms with Gasteiger partial charge in [0.1, 0.15) is 12.7 Å². The van der Waals surface area contributed by atoms with Gasteiger partial charge in [-0.15, -0.1) is 0 Å². The minimum atomic E-state index is -0.133. The fourth-order valence-electron chi connectivity index (χ4n) is 2.76. The highest BCUT2D eigenvalue weighted by molar-refractivity contribution is 7.08. The predicted molar refractivity (Wildman–Crippen MR) is 101 cm³/mol.